The second-order valence-corrected chi connectivity index (χ2v) is 8.37. The SMILES string of the molecule is CCN(CC)CC(=O)N[C@@H]1CC(C)(C)Cc2c1cnn2-c1ccccc1C. The van der Waals surface area contributed by atoms with Crippen molar-refractivity contribution in [2.45, 2.75) is 53.5 Å². The molecule has 1 N–H and O–H groups in total. The van der Waals surface area contributed by atoms with Crippen LogP contribution in [0, 0.1) is 12.3 Å². The Bertz CT molecular complexity index is 804. The molecule has 0 saturated heterocycles. The van der Waals surface area contributed by atoms with Gasteiger partial charge in [-0.1, -0.05) is 45.9 Å². The van der Waals surface area contributed by atoms with Crippen molar-refractivity contribution in [1.82, 2.24) is 20.0 Å². The number of carbonyl (C=O) groups is 1. The number of aromatic nitrogens is 2. The molecule has 3 rings (SSSR count). The second-order valence-electron chi connectivity index (χ2n) is 8.37. The van der Waals surface area contributed by atoms with Crippen LogP contribution >= 0.6 is 0 Å². The van der Waals surface area contributed by atoms with E-state index < -0.39 is 0 Å². The first-order valence-electron chi connectivity index (χ1n) is 9.99. The van der Waals surface area contributed by atoms with Crippen molar-refractivity contribution in [1.29, 1.82) is 0 Å². The summed E-state index contributed by atoms with van der Waals surface area (Å²) in [6, 6.07) is 8.34. The van der Waals surface area contributed by atoms with Crippen LogP contribution in [0.3, 0.4) is 0 Å². The second kappa shape index (κ2) is 7.85. The highest BCUT2D eigenvalue weighted by atomic mass is 16.2. The van der Waals surface area contributed by atoms with Gasteiger partial charge in [0, 0.05) is 5.56 Å². The Balaban J connectivity index is 1.90. The van der Waals surface area contributed by atoms with Crippen molar-refractivity contribution in [2.75, 3.05) is 19.6 Å². The molecule has 1 atom stereocenters. The maximum Gasteiger partial charge on any atom is 0.234 e. The molecule has 2 aromatic rings. The van der Waals surface area contributed by atoms with Crippen LogP contribution in [-0.2, 0) is 11.2 Å². The van der Waals surface area contributed by atoms with E-state index in [-0.39, 0.29) is 17.4 Å². The third-order valence-corrected chi connectivity index (χ3v) is 5.62. The summed E-state index contributed by atoms with van der Waals surface area (Å²) in [6.07, 6.45) is 3.84. The maximum atomic E-state index is 12.6. The highest BCUT2D eigenvalue weighted by Crippen LogP contribution is 2.41. The van der Waals surface area contributed by atoms with Crippen LogP contribution in [0.1, 0.15) is 57.0 Å². The summed E-state index contributed by atoms with van der Waals surface area (Å²) < 4.78 is 2.06. The Morgan fingerprint density at radius 3 is 2.67 bits per heavy atom. The molecule has 0 saturated carbocycles. The Labute approximate surface area is 162 Å². The summed E-state index contributed by atoms with van der Waals surface area (Å²) in [6.45, 7) is 13.1. The number of nitrogens with zero attached hydrogens (tertiary/aromatic N) is 3. The maximum absolute atomic E-state index is 12.6. The van der Waals surface area contributed by atoms with Crippen molar-refractivity contribution in [2.24, 2.45) is 5.41 Å². The van der Waals surface area contributed by atoms with E-state index in [1.54, 1.807) is 0 Å². The van der Waals surface area contributed by atoms with Gasteiger partial charge in [0.1, 0.15) is 0 Å². The zero-order valence-corrected chi connectivity index (χ0v) is 17.2. The summed E-state index contributed by atoms with van der Waals surface area (Å²) in [5, 5.41) is 7.98. The molecular weight excluding hydrogens is 336 g/mol. The van der Waals surface area contributed by atoms with Crippen molar-refractivity contribution >= 4 is 5.91 Å². The highest BCUT2D eigenvalue weighted by molar-refractivity contribution is 5.78. The van der Waals surface area contributed by atoms with Crippen LogP contribution < -0.4 is 5.32 Å². The van der Waals surface area contributed by atoms with E-state index in [1.807, 2.05) is 12.3 Å². The quantitative estimate of drug-likeness (QED) is 0.847. The van der Waals surface area contributed by atoms with Gasteiger partial charge in [-0.2, -0.15) is 5.10 Å². The van der Waals surface area contributed by atoms with Crippen molar-refractivity contribution in [3.63, 3.8) is 0 Å². The molecule has 1 aliphatic rings. The molecule has 0 spiro atoms. The largest absolute Gasteiger partial charge is 0.348 e. The molecule has 0 aliphatic heterocycles. The summed E-state index contributed by atoms with van der Waals surface area (Å²) in [4.78, 5) is 14.8. The lowest BCUT2D eigenvalue weighted by atomic mass is 9.74. The standard InChI is InChI=1S/C22H32N4O/c1-6-25(7-2)15-21(27)24-18-12-22(4,5)13-20-17(18)14-23-26(20)19-11-9-8-10-16(19)3/h8-11,14,18H,6-7,12-13,15H2,1-5H3,(H,24,27)/t18-/m1/s1. The van der Waals surface area contributed by atoms with Crippen molar-refractivity contribution in [3.8, 4) is 5.69 Å². The minimum Gasteiger partial charge on any atom is -0.348 e. The number of carbonyl (C=O) groups excluding carboxylic acids is 1. The average molecular weight is 369 g/mol. The monoisotopic (exact) mass is 368 g/mol. The fourth-order valence-corrected chi connectivity index (χ4v) is 4.07. The zero-order valence-electron chi connectivity index (χ0n) is 17.2. The Kier molecular flexibility index (Phi) is 5.70. The molecule has 5 nitrogen and oxygen atoms in total. The van der Waals surface area contributed by atoms with Crippen LogP contribution in [0.5, 0.6) is 0 Å². The number of rotatable bonds is 6. The predicted molar refractivity (Wildman–Crippen MR) is 109 cm³/mol. The molecule has 27 heavy (non-hydrogen) atoms. The number of fused-ring (bicyclic) bond motifs is 1. The molecule has 146 valence electrons. The first-order valence-corrected chi connectivity index (χ1v) is 9.99. The number of benzene rings is 1. The first-order chi connectivity index (χ1) is 12.8. The molecule has 5 heteroatoms. The van der Waals surface area contributed by atoms with Crippen LogP contribution in [0.25, 0.3) is 5.69 Å². The molecule has 1 heterocycles. The molecule has 0 fully saturated rings. The Morgan fingerprint density at radius 2 is 2.00 bits per heavy atom. The van der Waals surface area contributed by atoms with Crippen LogP contribution in [0.4, 0.5) is 0 Å². The lowest BCUT2D eigenvalue weighted by molar-refractivity contribution is -0.123. The molecule has 0 radical (unpaired) electrons. The van der Waals surface area contributed by atoms with Crippen LogP contribution in [0.15, 0.2) is 30.5 Å². The minimum absolute atomic E-state index is 0.0181. The number of amides is 1. The van der Waals surface area contributed by atoms with Gasteiger partial charge < -0.3 is 5.32 Å². The molecule has 1 aromatic heterocycles. The fraction of sp³-hybridized carbons (Fsp3) is 0.545. The summed E-state index contributed by atoms with van der Waals surface area (Å²) in [5.74, 6) is 0.0935. The molecule has 0 unspecified atom stereocenters. The van der Waals surface area contributed by atoms with E-state index in [0.717, 1.165) is 37.2 Å². The predicted octanol–water partition coefficient (Wildman–Crippen LogP) is 3.65. The van der Waals surface area contributed by atoms with E-state index in [1.165, 1.54) is 11.3 Å². The average Bonchev–Trinajstić information content (AvgIpc) is 3.02. The lowest BCUT2D eigenvalue weighted by Gasteiger charge is -2.36. The van der Waals surface area contributed by atoms with E-state index in [4.69, 9.17) is 5.10 Å². The van der Waals surface area contributed by atoms with Gasteiger partial charge >= 0.3 is 0 Å². The lowest BCUT2D eigenvalue weighted by Crippen LogP contribution is -2.41. The van der Waals surface area contributed by atoms with E-state index in [2.05, 4.69) is 67.7 Å². The van der Waals surface area contributed by atoms with Crippen molar-refractivity contribution < 1.29 is 4.79 Å². The van der Waals surface area contributed by atoms with Crippen LogP contribution in [-0.4, -0.2) is 40.2 Å². The molecule has 1 aromatic carbocycles. The Hall–Kier alpha value is -2.14. The van der Waals surface area contributed by atoms with E-state index in [0.29, 0.717) is 6.54 Å². The van der Waals surface area contributed by atoms with Gasteiger partial charge in [-0.05, 0) is 49.9 Å². The smallest absolute Gasteiger partial charge is 0.234 e. The Morgan fingerprint density at radius 1 is 1.30 bits per heavy atom. The molecular formula is C22H32N4O. The molecule has 1 amide bonds. The van der Waals surface area contributed by atoms with Gasteiger partial charge in [-0.15, -0.1) is 0 Å². The number of para-hydroxylation sites is 1. The number of likely N-dealkylation sites (N-methyl/N-ethyl adjacent to an activating group) is 1. The number of hydrogen-bond acceptors (Lipinski definition) is 3. The zero-order chi connectivity index (χ0) is 19.6. The van der Waals surface area contributed by atoms with Crippen molar-refractivity contribution in [3.05, 3.63) is 47.3 Å². The molecule has 1 aliphatic carbocycles. The van der Waals surface area contributed by atoms with Gasteiger partial charge in [-0.3, -0.25) is 9.69 Å². The fourth-order valence-electron chi connectivity index (χ4n) is 4.07. The summed E-state index contributed by atoms with van der Waals surface area (Å²) in [7, 11) is 0. The van der Waals surface area contributed by atoms with Gasteiger partial charge in [0.2, 0.25) is 5.91 Å². The number of hydrogen-bond donors (Lipinski definition) is 1. The third-order valence-electron chi connectivity index (χ3n) is 5.62. The minimum atomic E-state index is 0.0181. The van der Waals surface area contributed by atoms with E-state index in [9.17, 15) is 4.79 Å². The van der Waals surface area contributed by atoms with Gasteiger partial charge in [0.25, 0.3) is 0 Å². The highest BCUT2D eigenvalue weighted by Gasteiger charge is 2.36. The number of aryl methyl sites for hydroxylation is 1. The number of nitrogens with one attached hydrogen (secondary N) is 1. The summed E-state index contributed by atoms with van der Waals surface area (Å²) >= 11 is 0. The van der Waals surface area contributed by atoms with Crippen LogP contribution in [0.2, 0.25) is 0 Å². The summed E-state index contributed by atoms with van der Waals surface area (Å²) in [5.41, 5.74) is 4.80. The van der Waals surface area contributed by atoms with Gasteiger partial charge in [0.05, 0.1) is 30.2 Å². The van der Waals surface area contributed by atoms with Gasteiger partial charge in [-0.25, -0.2) is 4.68 Å². The van der Waals surface area contributed by atoms with E-state index >= 15 is 0 Å². The van der Waals surface area contributed by atoms with Gasteiger partial charge in [0.15, 0.2) is 0 Å². The molecule has 0 bridgehead atoms. The third kappa shape index (κ3) is 4.24. The topological polar surface area (TPSA) is 50.2 Å². The first kappa shape index (κ1) is 19.6. The normalized spacial score (nSPS) is 18.4.